The van der Waals surface area contributed by atoms with E-state index in [0.717, 1.165) is 30.4 Å². The third kappa shape index (κ3) is 3.21. The molecule has 0 unspecified atom stereocenters. The second-order valence-electron chi connectivity index (χ2n) is 5.88. The molecule has 0 spiro atoms. The van der Waals surface area contributed by atoms with Gasteiger partial charge in [0.2, 0.25) is 5.91 Å². The number of nitro groups is 1. The summed E-state index contributed by atoms with van der Waals surface area (Å²) < 4.78 is 0. The minimum atomic E-state index is -0.912. The zero-order valence-electron chi connectivity index (χ0n) is 12.4. The molecule has 3 N–H and O–H groups in total. The van der Waals surface area contributed by atoms with Crippen LogP contribution in [0.25, 0.3) is 0 Å². The average Bonchev–Trinajstić information content (AvgIpc) is 2.43. The predicted molar refractivity (Wildman–Crippen MR) is 81.2 cm³/mol. The van der Waals surface area contributed by atoms with Crippen molar-refractivity contribution >= 4 is 17.3 Å². The van der Waals surface area contributed by atoms with Gasteiger partial charge in [0.15, 0.2) is 0 Å². The van der Waals surface area contributed by atoms with E-state index in [1.807, 2.05) is 6.92 Å². The molecular weight excluding hydrogens is 270 g/mol. The molecule has 114 valence electrons. The van der Waals surface area contributed by atoms with Gasteiger partial charge in [0, 0.05) is 6.07 Å². The summed E-state index contributed by atoms with van der Waals surface area (Å²) in [7, 11) is 0. The highest BCUT2D eigenvalue weighted by molar-refractivity contribution is 5.99. The molecule has 0 aliphatic heterocycles. The lowest BCUT2D eigenvalue weighted by Gasteiger charge is -2.31. The minimum absolute atomic E-state index is 0.0918. The van der Waals surface area contributed by atoms with E-state index < -0.39 is 10.5 Å². The van der Waals surface area contributed by atoms with Crippen LogP contribution in [0.3, 0.4) is 0 Å². The van der Waals surface area contributed by atoms with E-state index in [2.05, 4.69) is 5.32 Å². The number of carbonyl (C=O) groups excluding carboxylic acids is 1. The predicted octanol–water partition coefficient (Wildman–Crippen LogP) is 2.81. The Kier molecular flexibility index (Phi) is 4.27. The topological polar surface area (TPSA) is 98.3 Å². The maximum absolute atomic E-state index is 12.4. The summed E-state index contributed by atoms with van der Waals surface area (Å²) in [5.41, 5.74) is 7.10. The fourth-order valence-corrected chi connectivity index (χ4v) is 2.71. The van der Waals surface area contributed by atoms with Crippen molar-refractivity contribution in [1.82, 2.24) is 0 Å². The Balaban J connectivity index is 2.28. The molecule has 1 saturated carbocycles. The van der Waals surface area contributed by atoms with Gasteiger partial charge in [-0.15, -0.1) is 0 Å². The quantitative estimate of drug-likeness (QED) is 0.660. The van der Waals surface area contributed by atoms with Crippen LogP contribution in [0.4, 0.5) is 11.4 Å². The lowest BCUT2D eigenvalue weighted by Crippen LogP contribution is -2.52. The van der Waals surface area contributed by atoms with E-state index in [4.69, 9.17) is 5.73 Å². The van der Waals surface area contributed by atoms with Crippen LogP contribution < -0.4 is 11.1 Å². The molecule has 6 heteroatoms. The number of nitrogens with one attached hydrogen (secondary N) is 1. The summed E-state index contributed by atoms with van der Waals surface area (Å²) >= 11 is 0. The summed E-state index contributed by atoms with van der Waals surface area (Å²) in [6.45, 7) is 3.66. The summed E-state index contributed by atoms with van der Waals surface area (Å²) in [4.78, 5) is 23.1. The molecule has 0 radical (unpaired) electrons. The van der Waals surface area contributed by atoms with Gasteiger partial charge in [-0.3, -0.25) is 14.9 Å². The smallest absolute Gasteiger partial charge is 0.293 e. The van der Waals surface area contributed by atoms with Crippen LogP contribution >= 0.6 is 0 Å². The van der Waals surface area contributed by atoms with Crippen LogP contribution in [0.1, 0.15) is 43.2 Å². The SMILES string of the molecule is Cc1cc(NC(=O)C2(N)CCCCC2)c([N+](=O)[O-])cc1C. The number of anilines is 1. The summed E-state index contributed by atoms with van der Waals surface area (Å²) in [5, 5.41) is 13.8. The lowest BCUT2D eigenvalue weighted by atomic mass is 9.82. The molecule has 1 fully saturated rings. The zero-order chi connectivity index (χ0) is 15.6. The summed E-state index contributed by atoms with van der Waals surface area (Å²) in [5.74, 6) is -0.325. The second-order valence-corrected chi connectivity index (χ2v) is 5.88. The number of aryl methyl sites for hydroxylation is 2. The Morgan fingerprint density at radius 2 is 1.81 bits per heavy atom. The Morgan fingerprint density at radius 1 is 1.24 bits per heavy atom. The fraction of sp³-hybridized carbons (Fsp3) is 0.533. The first-order valence-corrected chi connectivity index (χ1v) is 7.19. The van der Waals surface area contributed by atoms with E-state index >= 15 is 0 Å². The van der Waals surface area contributed by atoms with Crippen molar-refractivity contribution < 1.29 is 9.72 Å². The minimum Gasteiger partial charge on any atom is -0.319 e. The van der Waals surface area contributed by atoms with Crippen LogP contribution in [-0.4, -0.2) is 16.4 Å². The van der Waals surface area contributed by atoms with E-state index in [0.29, 0.717) is 12.8 Å². The average molecular weight is 291 g/mol. The third-order valence-electron chi connectivity index (χ3n) is 4.25. The molecule has 0 atom stereocenters. The van der Waals surface area contributed by atoms with Gasteiger partial charge in [0.05, 0.1) is 10.5 Å². The Labute approximate surface area is 123 Å². The Hall–Kier alpha value is -1.95. The van der Waals surface area contributed by atoms with E-state index in [1.165, 1.54) is 6.07 Å². The molecule has 0 aromatic heterocycles. The summed E-state index contributed by atoms with van der Waals surface area (Å²) in [6.07, 6.45) is 4.16. The van der Waals surface area contributed by atoms with Gasteiger partial charge < -0.3 is 11.1 Å². The second kappa shape index (κ2) is 5.81. The van der Waals surface area contributed by atoms with Gasteiger partial charge in [-0.1, -0.05) is 19.3 Å². The van der Waals surface area contributed by atoms with Crippen molar-refractivity contribution in [1.29, 1.82) is 0 Å². The van der Waals surface area contributed by atoms with Crippen LogP contribution in [0.15, 0.2) is 12.1 Å². The first-order valence-electron chi connectivity index (χ1n) is 7.19. The van der Waals surface area contributed by atoms with Crippen LogP contribution in [0, 0.1) is 24.0 Å². The van der Waals surface area contributed by atoms with Gasteiger partial charge in [-0.2, -0.15) is 0 Å². The Bertz CT molecular complexity index is 578. The largest absolute Gasteiger partial charge is 0.319 e. The monoisotopic (exact) mass is 291 g/mol. The van der Waals surface area contributed by atoms with Crippen molar-refractivity contribution in [2.45, 2.75) is 51.5 Å². The highest BCUT2D eigenvalue weighted by Gasteiger charge is 2.36. The molecule has 1 aromatic carbocycles. The third-order valence-corrected chi connectivity index (χ3v) is 4.25. The van der Waals surface area contributed by atoms with Crippen molar-refractivity contribution in [3.8, 4) is 0 Å². The van der Waals surface area contributed by atoms with Crippen LogP contribution in [0.2, 0.25) is 0 Å². The lowest BCUT2D eigenvalue weighted by molar-refractivity contribution is -0.384. The zero-order valence-corrected chi connectivity index (χ0v) is 12.4. The van der Waals surface area contributed by atoms with Crippen molar-refractivity contribution in [2.24, 2.45) is 5.73 Å². The van der Waals surface area contributed by atoms with Gasteiger partial charge in [-0.25, -0.2) is 0 Å². The number of nitrogens with zero attached hydrogens (tertiary/aromatic N) is 1. The van der Waals surface area contributed by atoms with Crippen molar-refractivity contribution in [3.63, 3.8) is 0 Å². The number of hydrogen-bond donors (Lipinski definition) is 2. The highest BCUT2D eigenvalue weighted by Crippen LogP contribution is 2.31. The number of nitrogens with two attached hydrogens (primary N) is 1. The van der Waals surface area contributed by atoms with Crippen molar-refractivity contribution in [3.05, 3.63) is 33.4 Å². The standard InChI is InChI=1S/C15H21N3O3/c1-10-8-12(13(18(20)21)9-11(10)2)17-14(19)15(16)6-4-3-5-7-15/h8-9H,3-7,16H2,1-2H3,(H,17,19). The van der Waals surface area contributed by atoms with E-state index in [9.17, 15) is 14.9 Å². The maximum Gasteiger partial charge on any atom is 0.293 e. The van der Waals surface area contributed by atoms with Crippen molar-refractivity contribution in [2.75, 3.05) is 5.32 Å². The number of hydrogen-bond acceptors (Lipinski definition) is 4. The molecule has 1 aliphatic rings. The first-order chi connectivity index (χ1) is 9.83. The van der Waals surface area contributed by atoms with Crippen LogP contribution in [-0.2, 0) is 4.79 Å². The molecule has 21 heavy (non-hydrogen) atoms. The summed E-state index contributed by atoms with van der Waals surface area (Å²) in [6, 6.07) is 3.12. The van der Waals surface area contributed by atoms with Gasteiger partial charge in [0.1, 0.15) is 5.69 Å². The molecule has 1 amide bonds. The molecule has 1 aliphatic carbocycles. The molecule has 1 aromatic rings. The maximum atomic E-state index is 12.4. The molecule has 0 saturated heterocycles. The van der Waals surface area contributed by atoms with Gasteiger partial charge >= 0.3 is 0 Å². The first kappa shape index (κ1) is 15.4. The van der Waals surface area contributed by atoms with E-state index in [1.54, 1.807) is 13.0 Å². The highest BCUT2D eigenvalue weighted by atomic mass is 16.6. The normalized spacial score (nSPS) is 17.3. The number of nitro benzene ring substituents is 1. The molecule has 0 heterocycles. The molecule has 0 bridgehead atoms. The van der Waals surface area contributed by atoms with Gasteiger partial charge in [0.25, 0.3) is 5.69 Å². The number of carbonyl (C=O) groups is 1. The number of benzene rings is 1. The fourth-order valence-electron chi connectivity index (χ4n) is 2.71. The Morgan fingerprint density at radius 3 is 2.38 bits per heavy atom. The van der Waals surface area contributed by atoms with Gasteiger partial charge in [-0.05, 0) is 43.9 Å². The number of amides is 1. The molecular formula is C15H21N3O3. The van der Waals surface area contributed by atoms with Crippen LogP contribution in [0.5, 0.6) is 0 Å². The molecule has 6 nitrogen and oxygen atoms in total. The molecule has 2 rings (SSSR count). The number of rotatable bonds is 3. The van der Waals surface area contributed by atoms with E-state index in [-0.39, 0.29) is 17.3 Å².